The monoisotopic (exact) mass is 374 g/mol. The van der Waals surface area contributed by atoms with Crippen LogP contribution in [0.3, 0.4) is 0 Å². The molecule has 0 aliphatic heterocycles. The third-order valence-corrected chi connectivity index (χ3v) is 5.09. The number of rotatable bonds is 5. The number of fused-ring (bicyclic) bond motifs is 1. The van der Waals surface area contributed by atoms with E-state index in [2.05, 4.69) is 63.9 Å². The lowest BCUT2D eigenvalue weighted by Crippen LogP contribution is -2.22. The summed E-state index contributed by atoms with van der Waals surface area (Å²) in [6, 6.07) is 5.44. The first kappa shape index (κ1) is 14.0. The molecule has 2 heterocycles. The Morgan fingerprint density at radius 1 is 1.39 bits per heavy atom. The molecule has 0 aromatic carbocycles. The van der Waals surface area contributed by atoms with Crippen LogP contribution >= 0.6 is 22.6 Å². The molecule has 0 atom stereocenters. The summed E-state index contributed by atoms with van der Waals surface area (Å²) in [5.41, 5.74) is 1.00. The van der Waals surface area contributed by atoms with Gasteiger partial charge in [0.2, 0.25) is 0 Å². The van der Waals surface area contributed by atoms with Crippen LogP contribution in [0.15, 0.2) is 24.5 Å². The zero-order chi connectivity index (χ0) is 13.2. The molecule has 2 aromatic heterocycles. The quantitative estimate of drug-likeness (QED) is 0.450. The van der Waals surface area contributed by atoms with Gasteiger partial charge in [0.15, 0.2) is 0 Å². The average molecular weight is 374 g/mol. The largest absolute Gasteiger partial charge is 0.361 e. The molecular formula is C13H19IN2OSi. The minimum absolute atomic E-state index is 0.599. The van der Waals surface area contributed by atoms with Crippen molar-refractivity contribution in [2.75, 3.05) is 6.61 Å². The first-order chi connectivity index (χ1) is 8.46. The summed E-state index contributed by atoms with van der Waals surface area (Å²) < 4.78 is 8.98. The molecule has 0 bridgehead atoms. The lowest BCUT2D eigenvalue weighted by molar-refractivity contribution is 0.0899. The zero-order valence-electron chi connectivity index (χ0n) is 11.1. The van der Waals surface area contributed by atoms with Crippen LogP contribution in [-0.4, -0.2) is 24.2 Å². The molecule has 0 amide bonds. The van der Waals surface area contributed by atoms with Crippen LogP contribution in [0.2, 0.25) is 25.7 Å². The van der Waals surface area contributed by atoms with Gasteiger partial charge in [0.25, 0.3) is 0 Å². The van der Waals surface area contributed by atoms with Crippen LogP contribution < -0.4 is 0 Å². The number of aromatic nitrogens is 2. The fourth-order valence-electron chi connectivity index (χ4n) is 1.70. The van der Waals surface area contributed by atoms with E-state index in [0.717, 1.165) is 15.8 Å². The van der Waals surface area contributed by atoms with E-state index in [1.807, 2.05) is 12.4 Å². The van der Waals surface area contributed by atoms with Gasteiger partial charge in [0.1, 0.15) is 12.4 Å². The van der Waals surface area contributed by atoms with Crippen molar-refractivity contribution in [1.29, 1.82) is 0 Å². The van der Waals surface area contributed by atoms with Crippen molar-refractivity contribution in [3.63, 3.8) is 0 Å². The first-order valence-electron chi connectivity index (χ1n) is 6.14. The second kappa shape index (κ2) is 5.71. The molecule has 98 valence electrons. The first-order valence-corrected chi connectivity index (χ1v) is 10.9. The van der Waals surface area contributed by atoms with Gasteiger partial charge in [-0.2, -0.15) is 0 Å². The van der Waals surface area contributed by atoms with Gasteiger partial charge >= 0.3 is 0 Å². The molecule has 18 heavy (non-hydrogen) atoms. The second-order valence-electron chi connectivity index (χ2n) is 5.70. The molecule has 0 spiro atoms. The van der Waals surface area contributed by atoms with E-state index < -0.39 is 8.07 Å². The van der Waals surface area contributed by atoms with Crippen molar-refractivity contribution in [2.45, 2.75) is 32.4 Å². The van der Waals surface area contributed by atoms with Gasteiger partial charge in [-0.05, 0) is 40.8 Å². The van der Waals surface area contributed by atoms with Gasteiger partial charge in [0, 0.05) is 36.0 Å². The van der Waals surface area contributed by atoms with Crippen molar-refractivity contribution >= 4 is 41.7 Å². The van der Waals surface area contributed by atoms with Crippen molar-refractivity contribution in [2.24, 2.45) is 0 Å². The summed E-state index contributed by atoms with van der Waals surface area (Å²) in [6.07, 6.45) is 3.93. The van der Waals surface area contributed by atoms with E-state index in [0.29, 0.717) is 6.73 Å². The average Bonchev–Trinajstić information content (AvgIpc) is 2.65. The summed E-state index contributed by atoms with van der Waals surface area (Å²) in [5, 5.41) is 1.18. The maximum Gasteiger partial charge on any atom is 0.141 e. The molecule has 0 aliphatic rings. The maximum atomic E-state index is 5.75. The number of nitrogens with zero attached hydrogens (tertiary/aromatic N) is 2. The Kier molecular flexibility index (Phi) is 4.44. The number of halogens is 1. The van der Waals surface area contributed by atoms with Gasteiger partial charge < -0.3 is 9.30 Å². The van der Waals surface area contributed by atoms with Gasteiger partial charge in [-0.15, -0.1) is 0 Å². The fraction of sp³-hybridized carbons (Fsp3) is 0.462. The molecule has 0 unspecified atom stereocenters. The predicted molar refractivity (Wildman–Crippen MR) is 86.6 cm³/mol. The lowest BCUT2D eigenvalue weighted by Gasteiger charge is -2.15. The minimum Gasteiger partial charge on any atom is -0.361 e. The smallest absolute Gasteiger partial charge is 0.141 e. The van der Waals surface area contributed by atoms with Gasteiger partial charge in [-0.1, -0.05) is 19.6 Å². The SMILES string of the molecule is C[Si](C)(C)CCOCn1ccc2cc(I)cnc21. The van der Waals surface area contributed by atoms with E-state index in [4.69, 9.17) is 4.74 Å². The molecule has 0 aliphatic carbocycles. The van der Waals surface area contributed by atoms with E-state index in [-0.39, 0.29) is 0 Å². The fourth-order valence-corrected chi connectivity index (χ4v) is 2.93. The zero-order valence-corrected chi connectivity index (χ0v) is 14.3. The third kappa shape index (κ3) is 3.79. The molecule has 0 fully saturated rings. The molecule has 0 radical (unpaired) electrons. The van der Waals surface area contributed by atoms with E-state index >= 15 is 0 Å². The summed E-state index contributed by atoms with van der Waals surface area (Å²) in [7, 11) is -0.991. The Bertz CT molecular complexity index is 533. The van der Waals surface area contributed by atoms with Crippen LogP contribution in [-0.2, 0) is 11.5 Å². The summed E-state index contributed by atoms with van der Waals surface area (Å²) >= 11 is 2.28. The van der Waals surface area contributed by atoms with Crippen molar-refractivity contribution in [1.82, 2.24) is 9.55 Å². The number of pyridine rings is 1. The van der Waals surface area contributed by atoms with Crippen LogP contribution in [0.25, 0.3) is 11.0 Å². The lowest BCUT2D eigenvalue weighted by atomic mass is 10.3. The van der Waals surface area contributed by atoms with Gasteiger partial charge in [-0.25, -0.2) is 4.98 Å². The van der Waals surface area contributed by atoms with Crippen LogP contribution in [0, 0.1) is 3.57 Å². The third-order valence-electron chi connectivity index (χ3n) is 2.79. The number of ether oxygens (including phenoxy) is 1. The highest BCUT2D eigenvalue weighted by molar-refractivity contribution is 14.1. The normalized spacial score (nSPS) is 12.2. The number of hydrogen-bond donors (Lipinski definition) is 0. The topological polar surface area (TPSA) is 27.1 Å². The van der Waals surface area contributed by atoms with Gasteiger partial charge in [0.05, 0.1) is 0 Å². The standard InChI is InChI=1S/C13H19IN2OSi/c1-18(2,3)7-6-17-10-16-5-4-11-8-12(14)9-15-13(11)16/h4-5,8-9H,6-7,10H2,1-3H3. The molecule has 2 aromatic rings. The molecular weight excluding hydrogens is 355 g/mol. The predicted octanol–water partition coefficient (Wildman–Crippen LogP) is 3.95. The maximum absolute atomic E-state index is 5.75. The molecule has 3 nitrogen and oxygen atoms in total. The number of hydrogen-bond acceptors (Lipinski definition) is 2. The highest BCUT2D eigenvalue weighted by atomic mass is 127. The van der Waals surface area contributed by atoms with Crippen LogP contribution in [0.1, 0.15) is 0 Å². The van der Waals surface area contributed by atoms with Crippen LogP contribution in [0.5, 0.6) is 0 Å². The molecule has 0 saturated heterocycles. The van der Waals surface area contributed by atoms with Crippen LogP contribution in [0.4, 0.5) is 0 Å². The molecule has 2 rings (SSSR count). The molecule has 5 heteroatoms. The Labute approximate surface area is 123 Å². The summed E-state index contributed by atoms with van der Waals surface area (Å²) in [4.78, 5) is 4.45. The van der Waals surface area contributed by atoms with Crippen molar-refractivity contribution < 1.29 is 4.74 Å². The Morgan fingerprint density at radius 2 is 2.17 bits per heavy atom. The summed E-state index contributed by atoms with van der Waals surface area (Å²) in [5.74, 6) is 0. The van der Waals surface area contributed by atoms with Gasteiger partial charge in [-0.3, -0.25) is 0 Å². The van der Waals surface area contributed by atoms with Crippen molar-refractivity contribution in [3.8, 4) is 0 Å². The Morgan fingerprint density at radius 3 is 2.89 bits per heavy atom. The highest BCUT2D eigenvalue weighted by Crippen LogP contribution is 2.16. The Hall–Kier alpha value is -0.403. The highest BCUT2D eigenvalue weighted by Gasteiger charge is 2.12. The molecule has 0 N–H and O–H groups in total. The summed E-state index contributed by atoms with van der Waals surface area (Å²) in [6.45, 7) is 8.54. The Balaban J connectivity index is 1.96. The van der Waals surface area contributed by atoms with E-state index in [9.17, 15) is 0 Å². The molecule has 0 saturated carbocycles. The second-order valence-corrected chi connectivity index (χ2v) is 12.6. The van der Waals surface area contributed by atoms with E-state index in [1.54, 1.807) is 0 Å². The minimum atomic E-state index is -0.991. The van der Waals surface area contributed by atoms with E-state index in [1.165, 1.54) is 11.4 Å². The van der Waals surface area contributed by atoms with Crippen molar-refractivity contribution in [3.05, 3.63) is 28.1 Å².